The van der Waals surface area contributed by atoms with Crippen LogP contribution in [0.4, 0.5) is 5.95 Å². The first-order valence-corrected chi connectivity index (χ1v) is 7.20. The highest BCUT2D eigenvalue weighted by Crippen LogP contribution is 2.26. The molecule has 0 bridgehead atoms. The van der Waals surface area contributed by atoms with Crippen LogP contribution in [-0.2, 0) is 11.3 Å². The first kappa shape index (κ1) is 13.1. The lowest BCUT2D eigenvalue weighted by Crippen LogP contribution is -2.24. The number of imidazole rings is 1. The van der Waals surface area contributed by atoms with Crippen LogP contribution in [0.3, 0.4) is 0 Å². The number of fused-ring (bicyclic) bond motifs is 1. The number of aromatic nitrogens is 2. The Morgan fingerprint density at radius 1 is 1.45 bits per heavy atom. The third kappa shape index (κ3) is 2.29. The van der Waals surface area contributed by atoms with Crippen molar-refractivity contribution in [2.75, 3.05) is 5.32 Å². The molecule has 3 rings (SSSR count). The Kier molecular flexibility index (Phi) is 3.44. The topological polar surface area (TPSA) is 72.9 Å². The number of aryl methyl sites for hydroxylation is 1. The van der Waals surface area contributed by atoms with E-state index in [-0.39, 0.29) is 17.9 Å². The van der Waals surface area contributed by atoms with Crippen molar-refractivity contribution >= 4 is 22.9 Å². The van der Waals surface area contributed by atoms with E-state index in [4.69, 9.17) is 5.73 Å². The zero-order valence-electron chi connectivity index (χ0n) is 11.7. The van der Waals surface area contributed by atoms with Crippen LogP contribution in [0.5, 0.6) is 0 Å². The fourth-order valence-electron chi connectivity index (χ4n) is 2.96. The van der Waals surface area contributed by atoms with Crippen molar-refractivity contribution in [2.24, 2.45) is 11.7 Å². The van der Waals surface area contributed by atoms with Gasteiger partial charge in [-0.2, -0.15) is 0 Å². The number of carbonyl (C=O) groups excluding carboxylic acids is 1. The van der Waals surface area contributed by atoms with Gasteiger partial charge in [-0.1, -0.05) is 12.1 Å². The number of hydrogen-bond donors (Lipinski definition) is 2. The number of carbonyl (C=O) groups is 1. The number of nitrogens with two attached hydrogens (primary N) is 1. The second kappa shape index (κ2) is 5.25. The molecule has 0 aliphatic heterocycles. The average Bonchev–Trinajstić information content (AvgIpc) is 3.01. The van der Waals surface area contributed by atoms with E-state index in [0.29, 0.717) is 5.95 Å². The average molecular weight is 272 g/mol. The van der Waals surface area contributed by atoms with Gasteiger partial charge in [0.15, 0.2) is 0 Å². The third-order valence-corrected chi connectivity index (χ3v) is 4.05. The number of nitrogens with one attached hydrogen (secondary N) is 1. The number of para-hydroxylation sites is 2. The van der Waals surface area contributed by atoms with Crippen LogP contribution in [0.15, 0.2) is 24.3 Å². The number of anilines is 1. The van der Waals surface area contributed by atoms with Crippen LogP contribution in [-0.4, -0.2) is 21.5 Å². The van der Waals surface area contributed by atoms with Crippen molar-refractivity contribution in [2.45, 2.75) is 38.8 Å². The minimum absolute atomic E-state index is 0.0233. The molecule has 1 saturated carbocycles. The molecule has 1 fully saturated rings. The molecule has 0 radical (unpaired) electrons. The van der Waals surface area contributed by atoms with Gasteiger partial charge in [-0.25, -0.2) is 4.98 Å². The summed E-state index contributed by atoms with van der Waals surface area (Å²) in [6, 6.07) is 8.08. The number of rotatable bonds is 3. The SMILES string of the molecule is CCn1c(NC(=O)C2CCC(N)C2)nc2ccccc21. The number of nitrogens with zero attached hydrogens (tertiary/aromatic N) is 2. The molecule has 5 nitrogen and oxygen atoms in total. The smallest absolute Gasteiger partial charge is 0.229 e. The maximum Gasteiger partial charge on any atom is 0.229 e. The predicted molar refractivity (Wildman–Crippen MR) is 79.4 cm³/mol. The van der Waals surface area contributed by atoms with Gasteiger partial charge in [0, 0.05) is 18.5 Å². The van der Waals surface area contributed by atoms with E-state index in [9.17, 15) is 4.79 Å². The molecule has 2 unspecified atom stereocenters. The van der Waals surface area contributed by atoms with E-state index in [1.807, 2.05) is 28.8 Å². The monoisotopic (exact) mass is 272 g/mol. The predicted octanol–water partition coefficient (Wildman–Crippen LogP) is 2.12. The fourth-order valence-corrected chi connectivity index (χ4v) is 2.96. The maximum absolute atomic E-state index is 12.3. The highest BCUT2D eigenvalue weighted by molar-refractivity contribution is 5.93. The van der Waals surface area contributed by atoms with Gasteiger partial charge in [0.25, 0.3) is 0 Å². The summed E-state index contributed by atoms with van der Waals surface area (Å²) >= 11 is 0. The minimum atomic E-state index is 0.0233. The summed E-state index contributed by atoms with van der Waals surface area (Å²) in [5.41, 5.74) is 7.83. The molecule has 5 heteroatoms. The van der Waals surface area contributed by atoms with Crippen molar-refractivity contribution in [3.05, 3.63) is 24.3 Å². The Bertz CT molecular complexity index is 634. The molecule has 20 heavy (non-hydrogen) atoms. The fraction of sp³-hybridized carbons (Fsp3) is 0.467. The summed E-state index contributed by atoms with van der Waals surface area (Å²) in [6.07, 6.45) is 2.58. The summed E-state index contributed by atoms with van der Waals surface area (Å²) < 4.78 is 2.03. The summed E-state index contributed by atoms with van der Waals surface area (Å²) in [6.45, 7) is 2.83. The van der Waals surface area contributed by atoms with Gasteiger partial charge in [0.05, 0.1) is 11.0 Å². The minimum Gasteiger partial charge on any atom is -0.328 e. The van der Waals surface area contributed by atoms with Gasteiger partial charge in [-0.3, -0.25) is 10.1 Å². The van der Waals surface area contributed by atoms with Crippen molar-refractivity contribution < 1.29 is 4.79 Å². The molecule has 106 valence electrons. The van der Waals surface area contributed by atoms with Crippen molar-refractivity contribution in [1.29, 1.82) is 0 Å². The molecule has 1 heterocycles. The van der Waals surface area contributed by atoms with Crippen LogP contribution in [0.25, 0.3) is 11.0 Å². The number of benzene rings is 1. The van der Waals surface area contributed by atoms with Crippen molar-refractivity contribution in [3.8, 4) is 0 Å². The zero-order valence-corrected chi connectivity index (χ0v) is 11.7. The Morgan fingerprint density at radius 3 is 2.95 bits per heavy atom. The van der Waals surface area contributed by atoms with E-state index >= 15 is 0 Å². The Balaban J connectivity index is 1.85. The van der Waals surface area contributed by atoms with Gasteiger partial charge in [-0.15, -0.1) is 0 Å². The van der Waals surface area contributed by atoms with Gasteiger partial charge < -0.3 is 10.3 Å². The standard InChI is InChI=1S/C15H20N4O/c1-2-19-13-6-4-3-5-12(13)17-15(19)18-14(20)10-7-8-11(16)9-10/h3-6,10-11H,2,7-9,16H2,1H3,(H,17,18,20). The van der Waals surface area contributed by atoms with Gasteiger partial charge in [-0.05, 0) is 38.3 Å². The second-order valence-electron chi connectivity index (χ2n) is 5.43. The molecular formula is C15H20N4O. The molecule has 1 amide bonds. The molecule has 1 aliphatic carbocycles. The highest BCUT2D eigenvalue weighted by Gasteiger charge is 2.28. The number of amides is 1. The normalized spacial score (nSPS) is 22.3. The molecular weight excluding hydrogens is 252 g/mol. The van der Waals surface area contributed by atoms with E-state index in [1.54, 1.807) is 0 Å². The van der Waals surface area contributed by atoms with Crippen LogP contribution < -0.4 is 11.1 Å². The lowest BCUT2D eigenvalue weighted by molar-refractivity contribution is -0.119. The third-order valence-electron chi connectivity index (χ3n) is 4.05. The van der Waals surface area contributed by atoms with Gasteiger partial charge in [0.1, 0.15) is 0 Å². The largest absolute Gasteiger partial charge is 0.328 e. The van der Waals surface area contributed by atoms with Crippen LogP contribution in [0.2, 0.25) is 0 Å². The maximum atomic E-state index is 12.3. The van der Waals surface area contributed by atoms with Gasteiger partial charge >= 0.3 is 0 Å². The molecule has 0 spiro atoms. The molecule has 2 aromatic rings. The molecule has 2 atom stereocenters. The van der Waals surface area contributed by atoms with E-state index in [0.717, 1.165) is 36.8 Å². The molecule has 1 aliphatic rings. The first-order valence-electron chi connectivity index (χ1n) is 7.20. The first-order chi connectivity index (χ1) is 9.69. The van der Waals surface area contributed by atoms with E-state index < -0.39 is 0 Å². The highest BCUT2D eigenvalue weighted by atomic mass is 16.2. The quantitative estimate of drug-likeness (QED) is 0.899. The summed E-state index contributed by atoms with van der Waals surface area (Å²) in [4.78, 5) is 16.8. The number of hydrogen-bond acceptors (Lipinski definition) is 3. The van der Waals surface area contributed by atoms with Crippen LogP contribution in [0, 0.1) is 5.92 Å². The van der Waals surface area contributed by atoms with E-state index in [1.165, 1.54) is 0 Å². The molecule has 1 aromatic carbocycles. The Labute approximate surface area is 118 Å². The molecule has 0 saturated heterocycles. The summed E-state index contributed by atoms with van der Waals surface area (Å²) in [5, 5.41) is 2.97. The summed E-state index contributed by atoms with van der Waals surface area (Å²) in [5.74, 6) is 0.706. The Morgan fingerprint density at radius 2 is 2.25 bits per heavy atom. The van der Waals surface area contributed by atoms with Gasteiger partial charge in [0.2, 0.25) is 11.9 Å². The summed E-state index contributed by atoms with van der Waals surface area (Å²) in [7, 11) is 0. The zero-order chi connectivity index (χ0) is 14.1. The van der Waals surface area contributed by atoms with Crippen LogP contribution in [0.1, 0.15) is 26.2 Å². The lowest BCUT2D eigenvalue weighted by Gasteiger charge is -2.11. The van der Waals surface area contributed by atoms with Crippen molar-refractivity contribution in [1.82, 2.24) is 9.55 Å². The lowest BCUT2D eigenvalue weighted by atomic mass is 10.1. The van der Waals surface area contributed by atoms with Crippen molar-refractivity contribution in [3.63, 3.8) is 0 Å². The van der Waals surface area contributed by atoms with E-state index in [2.05, 4.69) is 17.2 Å². The Hall–Kier alpha value is -1.88. The molecule has 3 N–H and O–H groups in total. The van der Waals surface area contributed by atoms with Crippen LogP contribution >= 0.6 is 0 Å². The molecule has 1 aromatic heterocycles. The second-order valence-corrected chi connectivity index (χ2v) is 5.43.